The molecule has 6 heteroatoms. The summed E-state index contributed by atoms with van der Waals surface area (Å²) in [6.07, 6.45) is 1.33. The number of benzene rings is 3. The largest absolute Gasteiger partial charge is 0.512 e. The Morgan fingerprint density at radius 3 is 2.34 bits per heavy atom. The van der Waals surface area contributed by atoms with Crippen LogP contribution in [0.2, 0.25) is 0 Å². The quantitative estimate of drug-likeness (QED) is 0.106. The number of ketones is 1. The van der Waals surface area contributed by atoms with Crippen LogP contribution in [0, 0.1) is 16.9 Å². The molecule has 0 aliphatic heterocycles. The van der Waals surface area contributed by atoms with E-state index in [4.69, 9.17) is 9.40 Å². The van der Waals surface area contributed by atoms with Crippen LogP contribution in [-0.2, 0) is 24.9 Å². The minimum Gasteiger partial charge on any atom is -0.512 e. The maximum atomic E-state index is 11.5. The van der Waals surface area contributed by atoms with E-state index in [1.807, 2.05) is 71.9 Å². The first-order valence-corrected chi connectivity index (χ1v) is 13.1. The summed E-state index contributed by atoms with van der Waals surface area (Å²) in [4.78, 5) is 16.4. The number of nitrogens with zero attached hydrogens (tertiary/aromatic N) is 1. The molecule has 3 aromatic heterocycles. The third-order valence-corrected chi connectivity index (χ3v) is 7.46. The van der Waals surface area contributed by atoms with Gasteiger partial charge in [0.05, 0.1) is 5.52 Å². The summed E-state index contributed by atoms with van der Waals surface area (Å²) in [6, 6.07) is 24.0. The van der Waals surface area contributed by atoms with Crippen molar-refractivity contribution in [1.29, 1.82) is 0 Å². The third-order valence-electron chi connectivity index (χ3n) is 6.34. The molecule has 0 fully saturated rings. The van der Waals surface area contributed by atoms with E-state index in [1.165, 1.54) is 26.2 Å². The van der Waals surface area contributed by atoms with Crippen LogP contribution >= 0.6 is 11.3 Å². The summed E-state index contributed by atoms with van der Waals surface area (Å²) in [7, 11) is 0. The Morgan fingerprint density at radius 2 is 1.63 bits per heavy atom. The van der Waals surface area contributed by atoms with Gasteiger partial charge in [0.2, 0.25) is 0 Å². The molecule has 1 radical (unpaired) electrons. The van der Waals surface area contributed by atoms with Gasteiger partial charge in [0, 0.05) is 58.0 Å². The Balaban J connectivity index is 0.000000209. The average Bonchev–Trinajstić information content (AvgIpc) is 3.16. The molecule has 0 saturated carbocycles. The topological polar surface area (TPSA) is 63.3 Å². The molecule has 3 aromatic carbocycles. The van der Waals surface area contributed by atoms with Crippen LogP contribution < -0.4 is 0 Å². The monoisotopic (exact) mass is 701 g/mol. The van der Waals surface area contributed by atoms with Crippen LogP contribution in [0.25, 0.3) is 53.1 Å². The zero-order valence-electron chi connectivity index (χ0n) is 22.3. The summed E-state index contributed by atoms with van der Waals surface area (Å²) in [6.45, 7) is 11.1. The van der Waals surface area contributed by atoms with Gasteiger partial charge in [0.1, 0.15) is 16.9 Å². The number of carbonyl (C=O) groups excluding carboxylic acids is 1. The van der Waals surface area contributed by atoms with Crippen molar-refractivity contribution < 1.29 is 34.4 Å². The Bertz CT molecular complexity index is 1830. The Hall–Kier alpha value is -3.05. The van der Waals surface area contributed by atoms with Crippen molar-refractivity contribution in [3.05, 3.63) is 78.6 Å². The molecule has 0 amide bonds. The van der Waals surface area contributed by atoms with Crippen molar-refractivity contribution in [1.82, 2.24) is 4.98 Å². The smallest absolute Gasteiger partial charge is 0.164 e. The molecule has 0 aliphatic rings. The number of pyridine rings is 1. The number of aromatic nitrogens is 1. The zero-order valence-corrected chi connectivity index (χ0v) is 25.5. The third kappa shape index (κ3) is 5.26. The van der Waals surface area contributed by atoms with Crippen molar-refractivity contribution in [2.24, 2.45) is 10.8 Å². The van der Waals surface area contributed by atoms with E-state index in [1.54, 1.807) is 11.3 Å². The molecule has 38 heavy (non-hydrogen) atoms. The van der Waals surface area contributed by atoms with Crippen molar-refractivity contribution in [3.8, 4) is 0 Å². The molecule has 3 heterocycles. The van der Waals surface area contributed by atoms with Crippen LogP contribution in [0.3, 0.4) is 0 Å². The average molecular weight is 701 g/mol. The molecule has 4 nitrogen and oxygen atoms in total. The maximum absolute atomic E-state index is 11.5. The summed E-state index contributed by atoms with van der Waals surface area (Å²) < 4.78 is 8.80. The van der Waals surface area contributed by atoms with Crippen LogP contribution in [0.15, 0.2) is 76.9 Å². The number of hydrogen-bond acceptors (Lipinski definition) is 5. The Morgan fingerprint density at radius 1 is 0.921 bits per heavy atom. The number of hydrogen-bond donors (Lipinski definition) is 1. The summed E-state index contributed by atoms with van der Waals surface area (Å²) in [5.74, 6) is 0.104. The first kappa shape index (κ1) is 28.0. The fraction of sp³-hybridized carbons (Fsp3) is 0.250. The van der Waals surface area contributed by atoms with E-state index >= 15 is 0 Å². The number of allylic oxidation sites excluding steroid dienone is 2. The normalized spacial score (nSPS) is 12.6. The minimum atomic E-state index is -0.417. The first-order valence-electron chi connectivity index (χ1n) is 12.3. The molecule has 6 rings (SSSR count). The van der Waals surface area contributed by atoms with Gasteiger partial charge < -0.3 is 9.52 Å². The van der Waals surface area contributed by atoms with Crippen molar-refractivity contribution in [3.63, 3.8) is 0 Å². The van der Waals surface area contributed by atoms with Gasteiger partial charge >= 0.3 is 0 Å². The predicted octanol–water partition coefficient (Wildman–Crippen LogP) is 9.39. The molecule has 0 unspecified atom stereocenters. The second-order valence-electron chi connectivity index (χ2n) is 11.3. The van der Waals surface area contributed by atoms with Gasteiger partial charge in [0.25, 0.3) is 0 Å². The molecular formula is C32H30IrNO3S-. The summed E-state index contributed by atoms with van der Waals surface area (Å²) in [5.41, 5.74) is 2.78. The molecule has 0 atom stereocenters. The predicted molar refractivity (Wildman–Crippen MR) is 155 cm³/mol. The molecule has 0 aliphatic carbocycles. The summed E-state index contributed by atoms with van der Waals surface area (Å²) in [5, 5.41) is 14.1. The van der Waals surface area contributed by atoms with Gasteiger partial charge in [-0.05, 0) is 29.0 Å². The van der Waals surface area contributed by atoms with Crippen molar-refractivity contribution >= 4 is 70.3 Å². The number of thiophene rings is 1. The Labute approximate surface area is 239 Å². The van der Waals surface area contributed by atoms with Crippen LogP contribution in [0.5, 0.6) is 0 Å². The molecule has 6 aromatic rings. The van der Waals surface area contributed by atoms with E-state index in [2.05, 4.69) is 36.4 Å². The maximum Gasteiger partial charge on any atom is 0.164 e. The zero-order chi connectivity index (χ0) is 26.5. The van der Waals surface area contributed by atoms with Gasteiger partial charge in [-0.3, -0.25) is 9.78 Å². The summed E-state index contributed by atoms with van der Waals surface area (Å²) >= 11 is 1.79. The van der Waals surface area contributed by atoms with E-state index in [0.29, 0.717) is 0 Å². The van der Waals surface area contributed by atoms with Crippen LogP contribution in [0.4, 0.5) is 0 Å². The molecular weight excluding hydrogens is 671 g/mol. The van der Waals surface area contributed by atoms with E-state index in [0.717, 1.165) is 33.0 Å². The Kier molecular flexibility index (Phi) is 7.55. The number of fused-ring (bicyclic) bond motifs is 3. The van der Waals surface area contributed by atoms with E-state index in [-0.39, 0.29) is 37.1 Å². The van der Waals surface area contributed by atoms with E-state index < -0.39 is 5.41 Å². The van der Waals surface area contributed by atoms with Gasteiger partial charge in [-0.2, -0.15) is 11.3 Å². The first-order chi connectivity index (χ1) is 17.4. The second-order valence-corrected chi connectivity index (χ2v) is 12.4. The fourth-order valence-electron chi connectivity index (χ4n) is 4.07. The van der Waals surface area contributed by atoms with Gasteiger partial charge in [0.15, 0.2) is 5.78 Å². The van der Waals surface area contributed by atoms with Crippen LogP contribution in [0.1, 0.15) is 41.5 Å². The SMILES string of the molecule is CC(C)(C)C(=O)/C=C(\O)C(C)(C)C.[Ir].[c-]1ccc2sc3cccc4oc5cc6ccccc6nc5c1c2c43. The second kappa shape index (κ2) is 10.3. The minimum absolute atomic E-state index is 0. The number of carbonyl (C=O) groups is 1. The number of para-hydroxylation sites is 1. The van der Waals surface area contributed by atoms with Gasteiger partial charge in [-0.25, -0.2) is 0 Å². The van der Waals surface area contributed by atoms with Crippen molar-refractivity contribution in [2.45, 2.75) is 41.5 Å². The standard InChI is InChI=1S/C21H10NOS.C11H20O2.Ir/c1-2-7-14-12(5-1)11-16-21(22-14)13-6-3-9-17-19(13)20-15(23-16)8-4-10-18(20)24-17;1-10(2,3)8(12)7-9(13)11(4,5)6;/h1-5,7-11H;7,12H,1-6H3;/q-1;;/b;8-7-;. The number of rotatable bonds is 1. The number of aliphatic hydroxyl groups excluding tert-OH is 1. The molecule has 1 N–H and O–H groups in total. The molecule has 0 saturated heterocycles. The van der Waals surface area contributed by atoms with E-state index in [9.17, 15) is 9.90 Å². The van der Waals surface area contributed by atoms with Gasteiger partial charge in [-0.15, -0.1) is 23.6 Å². The molecule has 0 bridgehead atoms. The van der Waals surface area contributed by atoms with Crippen molar-refractivity contribution in [2.75, 3.05) is 0 Å². The molecule has 0 spiro atoms. The molecule has 197 valence electrons. The fourth-order valence-corrected chi connectivity index (χ4v) is 5.20. The number of aliphatic hydroxyl groups is 1. The van der Waals surface area contributed by atoms with Gasteiger partial charge in [-0.1, -0.05) is 71.2 Å². The van der Waals surface area contributed by atoms with Crippen LogP contribution in [-0.4, -0.2) is 15.9 Å².